The minimum absolute atomic E-state index is 0.208. The Labute approximate surface area is 488 Å². The average molecular weight is 1140 g/mol. The van der Waals surface area contributed by atoms with E-state index in [0.29, 0.717) is 12.8 Å². The van der Waals surface area contributed by atoms with Gasteiger partial charge in [0.2, 0.25) is 5.91 Å². The lowest BCUT2D eigenvalue weighted by molar-refractivity contribution is -0.359. The van der Waals surface area contributed by atoms with Crippen molar-refractivity contribution in [1.29, 1.82) is 0 Å². The Morgan fingerprint density at radius 2 is 0.787 bits per heavy atom. The fourth-order valence-electron chi connectivity index (χ4n) is 11.5. The van der Waals surface area contributed by atoms with Gasteiger partial charge in [-0.05, 0) is 38.5 Å². The zero-order chi connectivity index (χ0) is 58.1. The number of ether oxygens (including phenoxy) is 4. The van der Waals surface area contributed by atoms with Gasteiger partial charge in [-0.3, -0.25) is 4.79 Å². The SMILES string of the molecule is CCCCCCCCCC/C=C\CCCCCCCCCCCCCCCCCCCCCCCCCCCCCCCC(=O)NC(COC1OC(CO)C(OC2OC(CO)C(O)C(O)C2O)C(O)C1O)C(O)CCCCCCC. The summed E-state index contributed by atoms with van der Waals surface area (Å²) < 4.78 is 22.7. The smallest absolute Gasteiger partial charge is 0.220 e. The summed E-state index contributed by atoms with van der Waals surface area (Å²) in [5, 5.41) is 86.6. The van der Waals surface area contributed by atoms with Gasteiger partial charge in [0.1, 0.15) is 48.8 Å². The molecule has 12 unspecified atom stereocenters. The Balaban J connectivity index is 1.42. The minimum Gasteiger partial charge on any atom is -0.394 e. The topological polar surface area (TPSA) is 228 Å². The van der Waals surface area contributed by atoms with Crippen LogP contribution in [0.1, 0.15) is 309 Å². The summed E-state index contributed by atoms with van der Waals surface area (Å²) in [5.74, 6) is -0.208. The van der Waals surface area contributed by atoms with Crippen LogP contribution in [-0.2, 0) is 23.7 Å². The van der Waals surface area contributed by atoms with Gasteiger partial charge in [-0.2, -0.15) is 0 Å². The Morgan fingerprint density at radius 3 is 1.19 bits per heavy atom. The normalized spacial score (nSPS) is 24.2. The Kier molecular flexibility index (Phi) is 48.7. The molecule has 14 heteroatoms. The number of amides is 1. The predicted octanol–water partition coefficient (Wildman–Crippen LogP) is 13.0. The summed E-state index contributed by atoms with van der Waals surface area (Å²) in [7, 11) is 0. The summed E-state index contributed by atoms with van der Waals surface area (Å²) in [6.07, 6.45) is 46.4. The zero-order valence-corrected chi connectivity index (χ0v) is 51.4. The van der Waals surface area contributed by atoms with E-state index in [1.54, 1.807) is 0 Å². The van der Waals surface area contributed by atoms with Crippen molar-refractivity contribution in [2.45, 2.75) is 383 Å². The van der Waals surface area contributed by atoms with Gasteiger partial charge in [0.15, 0.2) is 12.6 Å². The third-order valence-corrected chi connectivity index (χ3v) is 17.0. The van der Waals surface area contributed by atoms with Gasteiger partial charge in [0, 0.05) is 6.42 Å². The first-order chi connectivity index (χ1) is 39.1. The highest BCUT2D eigenvalue weighted by Crippen LogP contribution is 2.30. The van der Waals surface area contributed by atoms with E-state index in [1.165, 1.54) is 225 Å². The van der Waals surface area contributed by atoms with Crippen LogP contribution in [-0.4, -0.2) is 140 Å². The van der Waals surface area contributed by atoms with E-state index in [0.717, 1.165) is 57.8 Å². The van der Waals surface area contributed by atoms with Crippen molar-refractivity contribution < 1.29 is 64.6 Å². The lowest BCUT2D eigenvalue weighted by atomic mass is 9.97. The molecule has 2 heterocycles. The first-order valence-corrected chi connectivity index (χ1v) is 33.9. The first-order valence-electron chi connectivity index (χ1n) is 33.9. The molecule has 0 aliphatic carbocycles. The van der Waals surface area contributed by atoms with E-state index in [2.05, 4.69) is 31.3 Å². The van der Waals surface area contributed by atoms with Crippen LogP contribution in [0, 0.1) is 0 Å². The van der Waals surface area contributed by atoms with Crippen molar-refractivity contribution in [3.8, 4) is 0 Å². The first kappa shape index (κ1) is 74.8. The van der Waals surface area contributed by atoms with Crippen LogP contribution in [0.2, 0.25) is 0 Å². The second-order valence-electron chi connectivity index (χ2n) is 24.3. The van der Waals surface area contributed by atoms with E-state index < -0.39 is 86.8 Å². The van der Waals surface area contributed by atoms with Crippen LogP contribution in [0.3, 0.4) is 0 Å². The highest BCUT2D eigenvalue weighted by atomic mass is 16.7. The van der Waals surface area contributed by atoms with Gasteiger partial charge in [-0.1, -0.05) is 276 Å². The quantitative estimate of drug-likeness (QED) is 0.0204. The summed E-state index contributed by atoms with van der Waals surface area (Å²) in [5.41, 5.74) is 0. The van der Waals surface area contributed by atoms with Crippen LogP contribution in [0.5, 0.6) is 0 Å². The second-order valence-corrected chi connectivity index (χ2v) is 24.3. The molecule has 1 amide bonds. The van der Waals surface area contributed by atoms with Crippen molar-refractivity contribution >= 4 is 5.91 Å². The number of rotatable bonds is 56. The maximum Gasteiger partial charge on any atom is 0.220 e. The standard InChI is InChI=1S/C66H127NO13/c1-3-5-7-9-10-11-12-13-14-15-16-17-18-19-20-21-22-23-24-25-26-27-28-29-30-31-32-33-34-35-36-37-38-39-40-41-42-43-44-46-48-50-58(71)67-54(55(70)49-47-45-8-6-4-2)53-77-65-63(76)61(74)64(57(52-69)79-65)80-66-62(75)60(73)59(72)56(51-68)78-66/h15-16,54-57,59-66,68-70,72-76H,3-14,17-53H2,1-2H3,(H,67,71)/b16-15-. The molecule has 2 saturated heterocycles. The number of hydrogen-bond donors (Lipinski definition) is 9. The molecular formula is C66H127NO13. The van der Waals surface area contributed by atoms with Crippen molar-refractivity contribution in [2.24, 2.45) is 0 Å². The summed E-state index contributed by atoms with van der Waals surface area (Å²) in [6.45, 7) is 2.78. The molecule has 14 nitrogen and oxygen atoms in total. The zero-order valence-electron chi connectivity index (χ0n) is 51.4. The lowest BCUT2D eigenvalue weighted by Gasteiger charge is -2.46. The van der Waals surface area contributed by atoms with Crippen molar-refractivity contribution in [2.75, 3.05) is 19.8 Å². The molecule has 474 valence electrons. The molecule has 2 aliphatic heterocycles. The van der Waals surface area contributed by atoms with Crippen LogP contribution in [0.25, 0.3) is 0 Å². The molecular weight excluding hydrogens is 1010 g/mol. The van der Waals surface area contributed by atoms with Crippen LogP contribution in [0.4, 0.5) is 0 Å². The number of allylic oxidation sites excluding steroid dienone is 2. The van der Waals surface area contributed by atoms with Gasteiger partial charge in [-0.25, -0.2) is 0 Å². The van der Waals surface area contributed by atoms with Gasteiger partial charge >= 0.3 is 0 Å². The molecule has 0 aromatic rings. The average Bonchev–Trinajstić information content (AvgIpc) is 3.49. The molecule has 0 aromatic heterocycles. The van der Waals surface area contributed by atoms with Crippen LogP contribution in [0.15, 0.2) is 12.2 Å². The molecule has 12 atom stereocenters. The van der Waals surface area contributed by atoms with E-state index in [-0.39, 0.29) is 12.5 Å². The Hall–Kier alpha value is -1.27. The largest absolute Gasteiger partial charge is 0.394 e. The van der Waals surface area contributed by atoms with Crippen molar-refractivity contribution in [1.82, 2.24) is 5.32 Å². The van der Waals surface area contributed by atoms with E-state index in [9.17, 15) is 45.6 Å². The molecule has 0 aromatic carbocycles. The molecule has 2 fully saturated rings. The predicted molar refractivity (Wildman–Crippen MR) is 323 cm³/mol. The van der Waals surface area contributed by atoms with Gasteiger partial charge in [0.25, 0.3) is 0 Å². The molecule has 2 aliphatic rings. The van der Waals surface area contributed by atoms with Gasteiger partial charge in [-0.15, -0.1) is 0 Å². The number of aliphatic hydroxyl groups excluding tert-OH is 8. The van der Waals surface area contributed by atoms with Crippen molar-refractivity contribution in [3.63, 3.8) is 0 Å². The van der Waals surface area contributed by atoms with E-state index >= 15 is 0 Å². The second kappa shape index (κ2) is 52.1. The third-order valence-electron chi connectivity index (χ3n) is 17.0. The van der Waals surface area contributed by atoms with Gasteiger partial charge < -0.3 is 65.1 Å². The highest BCUT2D eigenvalue weighted by Gasteiger charge is 2.51. The molecule has 0 saturated carbocycles. The van der Waals surface area contributed by atoms with Crippen LogP contribution >= 0.6 is 0 Å². The molecule has 0 bridgehead atoms. The number of nitrogens with one attached hydrogen (secondary N) is 1. The maximum atomic E-state index is 13.2. The van der Waals surface area contributed by atoms with E-state index in [1.807, 2.05) is 0 Å². The number of aliphatic hydroxyl groups is 8. The fourth-order valence-corrected chi connectivity index (χ4v) is 11.5. The summed E-state index contributed by atoms with van der Waals surface area (Å²) in [4.78, 5) is 13.2. The summed E-state index contributed by atoms with van der Waals surface area (Å²) >= 11 is 0. The molecule has 2 rings (SSSR count). The lowest BCUT2D eigenvalue weighted by Crippen LogP contribution is -2.65. The molecule has 0 spiro atoms. The number of carbonyl (C=O) groups excluding carboxylic acids is 1. The summed E-state index contributed by atoms with van der Waals surface area (Å²) in [6, 6.07) is -0.820. The molecule has 9 N–H and O–H groups in total. The van der Waals surface area contributed by atoms with Gasteiger partial charge in [0.05, 0.1) is 32.0 Å². The Morgan fingerprint density at radius 1 is 0.438 bits per heavy atom. The third kappa shape index (κ3) is 36.5. The minimum atomic E-state index is -1.78. The molecule has 80 heavy (non-hydrogen) atoms. The highest BCUT2D eigenvalue weighted by molar-refractivity contribution is 5.76. The maximum absolute atomic E-state index is 13.2. The monoisotopic (exact) mass is 1140 g/mol. The fraction of sp³-hybridized carbons (Fsp3) is 0.955. The van der Waals surface area contributed by atoms with Crippen LogP contribution < -0.4 is 5.32 Å². The van der Waals surface area contributed by atoms with Crippen molar-refractivity contribution in [3.05, 3.63) is 12.2 Å². The number of carbonyl (C=O) groups is 1. The van der Waals surface area contributed by atoms with E-state index in [4.69, 9.17) is 18.9 Å². The Bertz CT molecular complexity index is 1390. The number of hydrogen-bond acceptors (Lipinski definition) is 13. The number of unbranched alkanes of at least 4 members (excludes halogenated alkanes) is 41. The molecule has 0 radical (unpaired) electrons.